The molecule has 0 aromatic carbocycles. The molecule has 0 spiro atoms. The van der Waals surface area contributed by atoms with E-state index in [9.17, 15) is 8.42 Å². The first-order chi connectivity index (χ1) is 7.76. The van der Waals surface area contributed by atoms with Gasteiger partial charge in [0.25, 0.3) is 9.05 Å². The Morgan fingerprint density at radius 2 is 2.35 bits per heavy atom. The smallest absolute Gasteiger partial charge is 0.280 e. The van der Waals surface area contributed by atoms with Crippen LogP contribution in [0.4, 0.5) is 0 Å². The summed E-state index contributed by atoms with van der Waals surface area (Å²) in [7, 11) is 1.46. The van der Waals surface area contributed by atoms with Gasteiger partial charge in [0.2, 0.25) is 0 Å². The average Bonchev–Trinajstić information content (AvgIpc) is 2.72. The number of imidazole rings is 1. The maximum Gasteiger partial charge on any atom is 0.280 e. The van der Waals surface area contributed by atoms with Crippen LogP contribution >= 0.6 is 10.7 Å². The fourth-order valence-electron chi connectivity index (χ4n) is 2.01. The molecule has 1 atom stereocenters. The molecule has 2 heterocycles. The minimum absolute atomic E-state index is 0.0906. The standard InChI is InChI=1S/C10H15ClN2O3S/c1-10(2)4-3-8(16-10)5-13-6-9(12-7-13)17(11,14)15/h6-8H,3-5H2,1-2H3. The van der Waals surface area contributed by atoms with Crippen LogP contribution in [0.5, 0.6) is 0 Å². The van der Waals surface area contributed by atoms with Gasteiger partial charge in [-0.2, -0.15) is 0 Å². The molecule has 0 amide bonds. The van der Waals surface area contributed by atoms with Crippen LogP contribution in [0.25, 0.3) is 0 Å². The number of aromatic nitrogens is 2. The Kier molecular flexibility index (Phi) is 3.22. The van der Waals surface area contributed by atoms with E-state index in [1.165, 1.54) is 12.5 Å². The number of rotatable bonds is 3. The first-order valence-electron chi connectivity index (χ1n) is 5.40. The zero-order valence-electron chi connectivity index (χ0n) is 9.76. The van der Waals surface area contributed by atoms with Crippen LogP contribution in [0.2, 0.25) is 0 Å². The molecule has 1 aliphatic rings. The number of hydrogen-bond donors (Lipinski definition) is 0. The summed E-state index contributed by atoms with van der Waals surface area (Å²) in [5, 5.41) is -0.114. The van der Waals surface area contributed by atoms with E-state index in [-0.39, 0.29) is 16.7 Å². The second kappa shape index (κ2) is 4.26. The third kappa shape index (κ3) is 3.20. The van der Waals surface area contributed by atoms with E-state index in [0.29, 0.717) is 6.54 Å². The second-order valence-corrected chi connectivity index (χ2v) is 7.40. The molecular formula is C10H15ClN2O3S. The fourth-order valence-corrected chi connectivity index (χ4v) is 2.68. The van der Waals surface area contributed by atoms with Crippen LogP contribution in [-0.2, 0) is 20.3 Å². The summed E-state index contributed by atoms with van der Waals surface area (Å²) in [4.78, 5) is 3.75. The van der Waals surface area contributed by atoms with Crippen molar-refractivity contribution in [3.05, 3.63) is 12.5 Å². The quantitative estimate of drug-likeness (QED) is 0.791. The molecule has 1 aromatic rings. The number of hydrogen-bond acceptors (Lipinski definition) is 4. The van der Waals surface area contributed by atoms with Gasteiger partial charge in [-0.1, -0.05) is 0 Å². The van der Waals surface area contributed by atoms with E-state index >= 15 is 0 Å². The molecule has 1 aromatic heterocycles. The highest BCUT2D eigenvalue weighted by atomic mass is 35.7. The van der Waals surface area contributed by atoms with Gasteiger partial charge in [-0.05, 0) is 26.7 Å². The normalized spacial score (nSPS) is 24.1. The SMILES string of the molecule is CC1(C)CCC(Cn2cnc(S(=O)(=O)Cl)c2)O1. The Balaban J connectivity index is 2.04. The van der Waals surface area contributed by atoms with Gasteiger partial charge in [0.15, 0.2) is 5.03 Å². The molecule has 1 fully saturated rings. The third-order valence-corrected chi connectivity index (χ3v) is 4.01. The number of halogens is 1. The summed E-state index contributed by atoms with van der Waals surface area (Å²) in [5.74, 6) is 0. The van der Waals surface area contributed by atoms with Gasteiger partial charge in [0.05, 0.1) is 18.0 Å². The average molecular weight is 279 g/mol. The van der Waals surface area contributed by atoms with Crippen molar-refractivity contribution < 1.29 is 13.2 Å². The molecule has 0 saturated carbocycles. The van der Waals surface area contributed by atoms with Crippen LogP contribution in [-0.4, -0.2) is 29.7 Å². The molecule has 96 valence electrons. The summed E-state index contributed by atoms with van der Waals surface area (Å²) in [6.07, 6.45) is 4.97. The highest BCUT2D eigenvalue weighted by Gasteiger charge is 2.31. The Labute approximate surface area is 105 Å². The lowest BCUT2D eigenvalue weighted by atomic mass is 10.1. The maximum atomic E-state index is 11.0. The Bertz CT molecular complexity index is 509. The van der Waals surface area contributed by atoms with E-state index in [1.54, 1.807) is 4.57 Å². The van der Waals surface area contributed by atoms with Crippen LogP contribution in [0, 0.1) is 0 Å². The highest BCUT2D eigenvalue weighted by Crippen LogP contribution is 2.30. The monoisotopic (exact) mass is 278 g/mol. The zero-order chi connectivity index (χ0) is 12.7. The maximum absolute atomic E-state index is 11.0. The lowest BCUT2D eigenvalue weighted by molar-refractivity contribution is -0.0217. The fraction of sp³-hybridized carbons (Fsp3) is 0.700. The van der Waals surface area contributed by atoms with Crippen molar-refractivity contribution in [2.75, 3.05) is 0 Å². The van der Waals surface area contributed by atoms with E-state index in [1.807, 2.05) is 0 Å². The van der Waals surface area contributed by atoms with Crippen LogP contribution in [0.3, 0.4) is 0 Å². The van der Waals surface area contributed by atoms with Gasteiger partial charge in [0, 0.05) is 23.4 Å². The molecular weight excluding hydrogens is 264 g/mol. The first kappa shape index (κ1) is 12.9. The Morgan fingerprint density at radius 3 is 2.82 bits per heavy atom. The number of nitrogens with zero attached hydrogens (tertiary/aromatic N) is 2. The van der Waals surface area contributed by atoms with Crippen molar-refractivity contribution in [1.82, 2.24) is 9.55 Å². The Morgan fingerprint density at radius 1 is 1.65 bits per heavy atom. The van der Waals surface area contributed by atoms with Gasteiger partial charge in [-0.25, -0.2) is 13.4 Å². The molecule has 1 saturated heterocycles. The van der Waals surface area contributed by atoms with Crippen molar-refractivity contribution in [2.24, 2.45) is 0 Å². The largest absolute Gasteiger partial charge is 0.370 e. The van der Waals surface area contributed by atoms with Crippen LogP contribution in [0.15, 0.2) is 17.6 Å². The zero-order valence-corrected chi connectivity index (χ0v) is 11.3. The molecule has 7 heteroatoms. The predicted molar refractivity (Wildman–Crippen MR) is 63.5 cm³/mol. The molecule has 2 rings (SSSR count). The van der Waals surface area contributed by atoms with E-state index in [0.717, 1.165) is 12.8 Å². The lowest BCUT2D eigenvalue weighted by Gasteiger charge is -2.19. The molecule has 0 aliphatic carbocycles. The summed E-state index contributed by atoms with van der Waals surface area (Å²) in [6, 6.07) is 0. The number of ether oxygens (including phenoxy) is 1. The molecule has 0 bridgehead atoms. The van der Waals surface area contributed by atoms with E-state index in [2.05, 4.69) is 18.8 Å². The van der Waals surface area contributed by atoms with Crippen molar-refractivity contribution >= 4 is 19.7 Å². The Hall–Kier alpha value is -0.590. The van der Waals surface area contributed by atoms with E-state index in [4.69, 9.17) is 15.4 Å². The topological polar surface area (TPSA) is 61.2 Å². The van der Waals surface area contributed by atoms with E-state index < -0.39 is 9.05 Å². The summed E-state index contributed by atoms with van der Waals surface area (Å²) in [6.45, 7) is 4.70. The van der Waals surface area contributed by atoms with Crippen LogP contribution < -0.4 is 0 Å². The summed E-state index contributed by atoms with van der Waals surface area (Å²) >= 11 is 0. The van der Waals surface area contributed by atoms with Gasteiger partial charge in [-0.3, -0.25) is 0 Å². The molecule has 17 heavy (non-hydrogen) atoms. The summed E-state index contributed by atoms with van der Waals surface area (Å²) < 4.78 is 29.6. The van der Waals surface area contributed by atoms with Crippen molar-refractivity contribution in [3.8, 4) is 0 Å². The van der Waals surface area contributed by atoms with Crippen molar-refractivity contribution in [3.63, 3.8) is 0 Å². The second-order valence-electron chi connectivity index (χ2n) is 4.88. The van der Waals surface area contributed by atoms with Crippen LogP contribution in [0.1, 0.15) is 26.7 Å². The molecule has 5 nitrogen and oxygen atoms in total. The summed E-state index contributed by atoms with van der Waals surface area (Å²) in [5.41, 5.74) is -0.0906. The van der Waals surface area contributed by atoms with Gasteiger partial charge >= 0.3 is 0 Å². The predicted octanol–water partition coefficient (Wildman–Crippen LogP) is 1.77. The lowest BCUT2D eigenvalue weighted by Crippen LogP contribution is -2.22. The minimum atomic E-state index is -3.74. The molecule has 0 radical (unpaired) electrons. The van der Waals surface area contributed by atoms with Gasteiger partial charge in [0.1, 0.15) is 0 Å². The van der Waals surface area contributed by atoms with Crippen molar-refractivity contribution in [1.29, 1.82) is 0 Å². The van der Waals surface area contributed by atoms with Gasteiger partial charge in [-0.15, -0.1) is 0 Å². The molecule has 1 aliphatic heterocycles. The highest BCUT2D eigenvalue weighted by molar-refractivity contribution is 8.13. The minimum Gasteiger partial charge on any atom is -0.370 e. The van der Waals surface area contributed by atoms with Gasteiger partial charge < -0.3 is 9.30 Å². The third-order valence-electron chi connectivity index (χ3n) is 2.83. The first-order valence-corrected chi connectivity index (χ1v) is 7.71. The molecule has 0 N–H and O–H groups in total. The molecule has 1 unspecified atom stereocenters. The van der Waals surface area contributed by atoms with Crippen molar-refractivity contribution in [2.45, 2.75) is 50.0 Å².